The molecule has 0 bridgehead atoms. The molecule has 6 nitrogen and oxygen atoms in total. The van der Waals surface area contributed by atoms with Crippen molar-refractivity contribution in [2.75, 3.05) is 5.32 Å². The van der Waals surface area contributed by atoms with E-state index in [1.807, 2.05) is 6.07 Å². The zero-order valence-electron chi connectivity index (χ0n) is 14.7. The molecule has 0 saturated heterocycles. The van der Waals surface area contributed by atoms with Crippen molar-refractivity contribution < 1.29 is 18.0 Å². The van der Waals surface area contributed by atoms with Crippen LogP contribution in [0.2, 0.25) is 0 Å². The van der Waals surface area contributed by atoms with Crippen molar-refractivity contribution in [2.45, 2.75) is 20.3 Å². The molecule has 2 aromatic heterocycles. The summed E-state index contributed by atoms with van der Waals surface area (Å²) in [5.74, 6) is 0.677. The van der Waals surface area contributed by atoms with Crippen molar-refractivity contribution in [3.63, 3.8) is 0 Å². The summed E-state index contributed by atoms with van der Waals surface area (Å²) in [6.45, 7) is 3.47. The zero-order chi connectivity index (χ0) is 19.0. The summed E-state index contributed by atoms with van der Waals surface area (Å²) in [7, 11) is 0. The van der Waals surface area contributed by atoms with Crippen LogP contribution < -0.4 is 5.32 Å². The maximum absolute atomic E-state index is 13.4. The molecule has 0 spiro atoms. The van der Waals surface area contributed by atoms with Crippen LogP contribution in [-0.2, 0) is 11.2 Å². The number of nitrogens with one attached hydrogen (secondary N) is 1. The van der Waals surface area contributed by atoms with Gasteiger partial charge in [0.15, 0.2) is 11.5 Å². The normalized spacial score (nSPS) is 11.1. The lowest BCUT2D eigenvalue weighted by atomic mass is 10.2. The van der Waals surface area contributed by atoms with Crippen LogP contribution in [0.3, 0.4) is 0 Å². The summed E-state index contributed by atoms with van der Waals surface area (Å²) in [6, 6.07) is 11.3. The molecule has 0 aliphatic rings. The lowest BCUT2D eigenvalue weighted by Gasteiger charge is -2.04. The third-order valence-corrected chi connectivity index (χ3v) is 4.09. The Kier molecular flexibility index (Phi) is 4.19. The van der Waals surface area contributed by atoms with E-state index in [0.717, 1.165) is 0 Å². The van der Waals surface area contributed by atoms with Crippen molar-refractivity contribution in [3.8, 4) is 11.5 Å². The van der Waals surface area contributed by atoms with Crippen LogP contribution in [-0.4, -0.2) is 15.9 Å². The number of fused-ring (bicyclic) bond motifs is 1. The average Bonchev–Trinajstić information content (AvgIpc) is 3.18. The van der Waals surface area contributed by atoms with E-state index in [2.05, 4.69) is 15.3 Å². The molecular weight excluding hydrogens is 349 g/mol. The fourth-order valence-corrected chi connectivity index (χ4v) is 2.84. The molecule has 7 heteroatoms. The minimum absolute atomic E-state index is 0.0220. The fraction of sp³-hybridized carbons (Fsp3) is 0.150. The smallest absolute Gasteiger partial charge is 0.230 e. The number of anilines is 1. The SMILES string of the molecule is Cc1nc2cccc(NC(=O)Cc3nc(-c4cccc(F)c4)oc3C)c2o1. The Bertz CT molecular complexity index is 1150. The number of hydrogen-bond acceptors (Lipinski definition) is 5. The summed E-state index contributed by atoms with van der Waals surface area (Å²) < 4.78 is 24.5. The molecule has 2 aromatic carbocycles. The number of aryl methyl sites for hydroxylation is 2. The van der Waals surface area contributed by atoms with Crippen molar-refractivity contribution in [1.29, 1.82) is 0 Å². The van der Waals surface area contributed by atoms with Crippen LogP contribution in [0.25, 0.3) is 22.6 Å². The number of oxazole rings is 2. The van der Waals surface area contributed by atoms with Gasteiger partial charge in [-0.25, -0.2) is 14.4 Å². The van der Waals surface area contributed by atoms with Gasteiger partial charge in [0.1, 0.15) is 17.1 Å². The number of amides is 1. The largest absolute Gasteiger partial charge is 0.441 e. The number of aromatic nitrogens is 2. The monoisotopic (exact) mass is 365 g/mol. The molecule has 0 saturated carbocycles. The van der Waals surface area contributed by atoms with E-state index in [1.165, 1.54) is 12.1 Å². The summed E-state index contributed by atoms with van der Waals surface area (Å²) in [5.41, 5.74) is 2.76. The van der Waals surface area contributed by atoms with Gasteiger partial charge in [0.05, 0.1) is 17.8 Å². The second-order valence-corrected chi connectivity index (χ2v) is 6.14. The second-order valence-electron chi connectivity index (χ2n) is 6.14. The molecule has 4 aromatic rings. The maximum atomic E-state index is 13.4. The molecule has 0 aliphatic heterocycles. The maximum Gasteiger partial charge on any atom is 0.230 e. The van der Waals surface area contributed by atoms with E-state index < -0.39 is 0 Å². The molecule has 0 radical (unpaired) electrons. The standard InChI is InChI=1S/C20H16FN3O3/c1-11-17(24-20(26-11)13-5-3-6-14(21)9-13)10-18(25)23-16-8-4-7-15-19(16)27-12(2)22-15/h3-9H,10H2,1-2H3,(H,23,25). The van der Waals surface area contributed by atoms with Crippen molar-refractivity contribution in [3.05, 3.63) is 65.6 Å². The first-order valence-electron chi connectivity index (χ1n) is 8.38. The van der Waals surface area contributed by atoms with Crippen LogP contribution in [0, 0.1) is 19.7 Å². The lowest BCUT2D eigenvalue weighted by molar-refractivity contribution is -0.115. The molecule has 0 unspecified atom stereocenters. The van der Waals surface area contributed by atoms with Gasteiger partial charge in [-0.15, -0.1) is 0 Å². The Morgan fingerprint density at radius 2 is 1.93 bits per heavy atom. The molecule has 136 valence electrons. The van der Waals surface area contributed by atoms with E-state index >= 15 is 0 Å². The number of halogens is 1. The molecule has 0 atom stereocenters. The van der Waals surface area contributed by atoms with Crippen LogP contribution in [0.1, 0.15) is 17.3 Å². The third kappa shape index (κ3) is 3.44. The van der Waals surface area contributed by atoms with Crippen LogP contribution >= 0.6 is 0 Å². The number of nitrogens with zero attached hydrogens (tertiary/aromatic N) is 2. The fourth-order valence-electron chi connectivity index (χ4n) is 2.84. The number of benzene rings is 2. The van der Waals surface area contributed by atoms with Gasteiger partial charge in [-0.2, -0.15) is 0 Å². The number of rotatable bonds is 4. The highest BCUT2D eigenvalue weighted by Crippen LogP contribution is 2.25. The number of para-hydroxylation sites is 1. The Morgan fingerprint density at radius 1 is 1.11 bits per heavy atom. The third-order valence-electron chi connectivity index (χ3n) is 4.09. The van der Waals surface area contributed by atoms with E-state index in [1.54, 1.807) is 38.1 Å². The molecule has 0 aliphatic carbocycles. The minimum Gasteiger partial charge on any atom is -0.441 e. The van der Waals surface area contributed by atoms with Gasteiger partial charge in [0.2, 0.25) is 11.8 Å². The molecule has 0 fully saturated rings. The quantitative estimate of drug-likeness (QED) is 0.579. The number of hydrogen-bond donors (Lipinski definition) is 1. The number of carbonyl (C=O) groups is 1. The topological polar surface area (TPSA) is 81.2 Å². The molecule has 27 heavy (non-hydrogen) atoms. The molecule has 1 amide bonds. The second kappa shape index (κ2) is 6.68. The predicted octanol–water partition coefficient (Wildman–Crippen LogP) is 4.42. The first-order valence-corrected chi connectivity index (χ1v) is 8.38. The molecule has 2 heterocycles. The average molecular weight is 365 g/mol. The van der Waals surface area contributed by atoms with Crippen molar-refractivity contribution in [2.24, 2.45) is 0 Å². The van der Waals surface area contributed by atoms with Gasteiger partial charge in [0, 0.05) is 12.5 Å². The van der Waals surface area contributed by atoms with Crippen LogP contribution in [0.15, 0.2) is 51.3 Å². The van der Waals surface area contributed by atoms with Crippen LogP contribution in [0.5, 0.6) is 0 Å². The summed E-state index contributed by atoms with van der Waals surface area (Å²) in [6.07, 6.45) is 0.0220. The highest BCUT2D eigenvalue weighted by atomic mass is 19.1. The van der Waals surface area contributed by atoms with Gasteiger partial charge >= 0.3 is 0 Å². The van der Waals surface area contributed by atoms with Gasteiger partial charge in [0.25, 0.3) is 0 Å². The zero-order valence-corrected chi connectivity index (χ0v) is 14.7. The Morgan fingerprint density at radius 3 is 2.74 bits per heavy atom. The first kappa shape index (κ1) is 17.0. The highest BCUT2D eigenvalue weighted by molar-refractivity contribution is 5.99. The van der Waals surface area contributed by atoms with E-state index in [-0.39, 0.29) is 24.0 Å². The van der Waals surface area contributed by atoms with Crippen molar-refractivity contribution in [1.82, 2.24) is 9.97 Å². The van der Waals surface area contributed by atoms with Crippen LogP contribution in [0.4, 0.5) is 10.1 Å². The summed E-state index contributed by atoms with van der Waals surface area (Å²) >= 11 is 0. The number of carbonyl (C=O) groups excluding carboxylic acids is 1. The summed E-state index contributed by atoms with van der Waals surface area (Å²) in [4.78, 5) is 21.1. The Labute approximate surface area is 154 Å². The summed E-state index contributed by atoms with van der Waals surface area (Å²) in [5, 5.41) is 2.82. The van der Waals surface area contributed by atoms with Gasteiger partial charge in [-0.3, -0.25) is 4.79 Å². The highest BCUT2D eigenvalue weighted by Gasteiger charge is 2.17. The van der Waals surface area contributed by atoms with Gasteiger partial charge < -0.3 is 14.2 Å². The molecule has 1 N–H and O–H groups in total. The predicted molar refractivity (Wildman–Crippen MR) is 97.7 cm³/mol. The lowest BCUT2D eigenvalue weighted by Crippen LogP contribution is -2.15. The van der Waals surface area contributed by atoms with E-state index in [4.69, 9.17) is 8.83 Å². The van der Waals surface area contributed by atoms with Gasteiger partial charge in [-0.1, -0.05) is 12.1 Å². The first-order chi connectivity index (χ1) is 13.0. The molecular formula is C20H16FN3O3. The van der Waals surface area contributed by atoms with E-state index in [9.17, 15) is 9.18 Å². The Hall–Kier alpha value is -3.48. The van der Waals surface area contributed by atoms with Gasteiger partial charge in [-0.05, 0) is 37.3 Å². The Balaban J connectivity index is 1.54. The minimum atomic E-state index is -0.377. The van der Waals surface area contributed by atoms with E-state index in [0.29, 0.717) is 39.7 Å². The molecule has 4 rings (SSSR count). The van der Waals surface area contributed by atoms with Crippen molar-refractivity contribution >= 4 is 22.7 Å².